The fourth-order valence-corrected chi connectivity index (χ4v) is 4.15. The third-order valence-corrected chi connectivity index (χ3v) is 6.17. The lowest BCUT2D eigenvalue weighted by atomic mass is 9.98. The van der Waals surface area contributed by atoms with Crippen LogP contribution in [0, 0.1) is 33.6 Å². The highest BCUT2D eigenvalue weighted by atomic mass is 16.1. The van der Waals surface area contributed by atoms with Crippen molar-refractivity contribution in [3.05, 3.63) is 64.5 Å². The first-order chi connectivity index (χ1) is 15.8. The zero-order chi connectivity index (χ0) is 23.7. The van der Waals surface area contributed by atoms with E-state index in [0.29, 0.717) is 5.95 Å². The second kappa shape index (κ2) is 9.13. The summed E-state index contributed by atoms with van der Waals surface area (Å²) in [5.74, 6) is 1.47. The number of hydrogen-bond acceptors (Lipinski definition) is 5. The summed E-state index contributed by atoms with van der Waals surface area (Å²) in [5, 5.41) is 7.84. The van der Waals surface area contributed by atoms with Crippen molar-refractivity contribution in [2.45, 2.75) is 60.4 Å². The van der Waals surface area contributed by atoms with Gasteiger partial charge >= 0.3 is 0 Å². The van der Waals surface area contributed by atoms with Crippen LogP contribution in [0.1, 0.15) is 60.5 Å². The number of aryl methyl sites for hydroxylation is 3. The standard InChI is InChI=1S/C25H31N7O/c1-7-14(2)23(24-28-20-10-8-9-11-21(20)29-24)30-22(33)13-19-17(5)31-32(18(19)6)25-26-15(3)12-16(4)27-25/h8-12,14,23H,7,13H2,1-6H3,(H,28,29)(H,30,33). The lowest BCUT2D eigenvalue weighted by Crippen LogP contribution is -2.34. The van der Waals surface area contributed by atoms with E-state index < -0.39 is 0 Å². The summed E-state index contributed by atoms with van der Waals surface area (Å²) in [6, 6.07) is 9.64. The zero-order valence-electron chi connectivity index (χ0n) is 20.1. The van der Waals surface area contributed by atoms with Crippen LogP contribution in [-0.4, -0.2) is 35.6 Å². The van der Waals surface area contributed by atoms with Gasteiger partial charge in [-0.05, 0) is 51.8 Å². The number of rotatable bonds is 7. The minimum atomic E-state index is -0.201. The largest absolute Gasteiger partial charge is 0.346 e. The molecule has 3 heterocycles. The number of nitrogens with zero attached hydrogens (tertiary/aromatic N) is 5. The van der Waals surface area contributed by atoms with Crippen LogP contribution in [0.3, 0.4) is 0 Å². The smallest absolute Gasteiger partial charge is 0.251 e. The molecule has 3 aromatic heterocycles. The Hall–Kier alpha value is -3.55. The average molecular weight is 446 g/mol. The van der Waals surface area contributed by atoms with Gasteiger partial charge in [-0.15, -0.1) is 0 Å². The number of fused-ring (bicyclic) bond motifs is 1. The first-order valence-electron chi connectivity index (χ1n) is 11.4. The van der Waals surface area contributed by atoms with E-state index in [-0.39, 0.29) is 24.3 Å². The van der Waals surface area contributed by atoms with Crippen LogP contribution in [0.5, 0.6) is 0 Å². The van der Waals surface area contributed by atoms with Gasteiger partial charge in [0.15, 0.2) is 0 Å². The minimum absolute atomic E-state index is 0.0622. The van der Waals surface area contributed by atoms with Gasteiger partial charge in [0.05, 0.1) is 29.2 Å². The van der Waals surface area contributed by atoms with Crippen molar-refractivity contribution >= 4 is 16.9 Å². The molecule has 0 aliphatic heterocycles. The molecule has 172 valence electrons. The van der Waals surface area contributed by atoms with Crippen molar-refractivity contribution in [3.8, 4) is 5.95 Å². The van der Waals surface area contributed by atoms with Gasteiger partial charge in [-0.3, -0.25) is 4.79 Å². The Bertz CT molecular complexity index is 1250. The van der Waals surface area contributed by atoms with E-state index in [0.717, 1.165) is 51.6 Å². The van der Waals surface area contributed by atoms with Crippen molar-refractivity contribution in [1.82, 2.24) is 35.0 Å². The normalized spacial score (nSPS) is 13.3. The molecule has 1 aromatic carbocycles. The van der Waals surface area contributed by atoms with Crippen LogP contribution >= 0.6 is 0 Å². The van der Waals surface area contributed by atoms with Gasteiger partial charge in [0.25, 0.3) is 5.95 Å². The number of para-hydroxylation sites is 2. The summed E-state index contributed by atoms with van der Waals surface area (Å²) >= 11 is 0. The number of aromatic amines is 1. The van der Waals surface area contributed by atoms with Gasteiger partial charge in [0.1, 0.15) is 5.82 Å². The highest BCUT2D eigenvalue weighted by molar-refractivity contribution is 5.80. The van der Waals surface area contributed by atoms with Gasteiger partial charge < -0.3 is 10.3 Å². The molecule has 4 aromatic rings. The van der Waals surface area contributed by atoms with Crippen LogP contribution in [0.2, 0.25) is 0 Å². The quantitative estimate of drug-likeness (QED) is 0.444. The number of hydrogen-bond donors (Lipinski definition) is 2. The maximum atomic E-state index is 13.2. The van der Waals surface area contributed by atoms with Crippen LogP contribution in [0.15, 0.2) is 30.3 Å². The van der Waals surface area contributed by atoms with Gasteiger partial charge in [-0.2, -0.15) is 5.10 Å². The van der Waals surface area contributed by atoms with Gasteiger partial charge in [0, 0.05) is 22.6 Å². The van der Waals surface area contributed by atoms with Crippen LogP contribution in [0.4, 0.5) is 0 Å². The van der Waals surface area contributed by atoms with E-state index in [1.165, 1.54) is 0 Å². The summed E-state index contributed by atoms with van der Waals surface area (Å²) in [4.78, 5) is 30.3. The molecule has 0 aliphatic carbocycles. The highest BCUT2D eigenvalue weighted by Gasteiger charge is 2.25. The summed E-state index contributed by atoms with van der Waals surface area (Å²) in [5.41, 5.74) is 6.19. The van der Waals surface area contributed by atoms with Gasteiger partial charge in [-0.1, -0.05) is 32.4 Å². The number of imidazole rings is 1. The fourth-order valence-electron chi connectivity index (χ4n) is 4.15. The van der Waals surface area contributed by atoms with E-state index in [9.17, 15) is 4.79 Å². The number of carbonyl (C=O) groups is 1. The molecule has 2 N–H and O–H groups in total. The molecular weight excluding hydrogens is 414 g/mol. The molecule has 33 heavy (non-hydrogen) atoms. The third-order valence-electron chi connectivity index (χ3n) is 6.17. The number of carbonyl (C=O) groups excluding carboxylic acids is 1. The Balaban J connectivity index is 1.58. The van der Waals surface area contributed by atoms with Crippen LogP contribution in [0.25, 0.3) is 17.0 Å². The van der Waals surface area contributed by atoms with E-state index >= 15 is 0 Å². The predicted octanol–water partition coefficient (Wildman–Crippen LogP) is 4.22. The molecule has 0 fully saturated rings. The first kappa shape index (κ1) is 22.6. The Kier molecular flexibility index (Phi) is 6.26. The molecule has 2 unspecified atom stereocenters. The Morgan fingerprint density at radius 3 is 2.45 bits per heavy atom. The second-order valence-corrected chi connectivity index (χ2v) is 8.76. The molecule has 2 atom stereocenters. The predicted molar refractivity (Wildman–Crippen MR) is 128 cm³/mol. The minimum Gasteiger partial charge on any atom is -0.346 e. The zero-order valence-corrected chi connectivity index (χ0v) is 20.1. The van der Waals surface area contributed by atoms with E-state index in [1.54, 1.807) is 4.68 Å². The molecule has 0 saturated carbocycles. The molecule has 4 rings (SSSR count). The van der Waals surface area contributed by atoms with E-state index in [1.807, 2.05) is 58.0 Å². The molecule has 0 saturated heterocycles. The molecule has 0 bridgehead atoms. The fraction of sp³-hybridized carbons (Fsp3) is 0.400. The van der Waals surface area contributed by atoms with Gasteiger partial charge in [0.2, 0.25) is 5.91 Å². The number of amides is 1. The summed E-state index contributed by atoms with van der Waals surface area (Å²) in [7, 11) is 0. The highest BCUT2D eigenvalue weighted by Crippen LogP contribution is 2.25. The average Bonchev–Trinajstić information content (AvgIpc) is 3.32. The summed E-state index contributed by atoms with van der Waals surface area (Å²) in [6.45, 7) is 12.0. The molecule has 0 radical (unpaired) electrons. The van der Waals surface area contributed by atoms with Crippen molar-refractivity contribution in [1.29, 1.82) is 0 Å². The van der Waals surface area contributed by atoms with E-state index in [4.69, 9.17) is 4.98 Å². The molecule has 0 spiro atoms. The lowest BCUT2D eigenvalue weighted by molar-refractivity contribution is -0.121. The van der Waals surface area contributed by atoms with Gasteiger partial charge in [-0.25, -0.2) is 19.6 Å². The van der Waals surface area contributed by atoms with Crippen molar-refractivity contribution in [3.63, 3.8) is 0 Å². The van der Waals surface area contributed by atoms with Crippen LogP contribution < -0.4 is 5.32 Å². The third kappa shape index (κ3) is 4.65. The SMILES string of the molecule is CCC(C)C(NC(=O)Cc1c(C)nn(-c2nc(C)cc(C)n2)c1C)c1nc2ccccc2[nH]1. The summed E-state index contributed by atoms with van der Waals surface area (Å²) < 4.78 is 1.73. The van der Waals surface area contributed by atoms with Crippen molar-refractivity contribution < 1.29 is 4.79 Å². The Labute approximate surface area is 193 Å². The van der Waals surface area contributed by atoms with Crippen molar-refractivity contribution in [2.24, 2.45) is 5.92 Å². The lowest BCUT2D eigenvalue weighted by Gasteiger charge is -2.22. The molecular formula is C25H31N7O. The molecule has 8 heteroatoms. The molecule has 0 aliphatic rings. The molecule has 1 amide bonds. The summed E-state index contributed by atoms with van der Waals surface area (Å²) in [6.07, 6.45) is 1.15. The topological polar surface area (TPSA) is 101 Å². The van der Waals surface area contributed by atoms with E-state index in [2.05, 4.69) is 39.2 Å². The van der Waals surface area contributed by atoms with Crippen LogP contribution in [-0.2, 0) is 11.2 Å². The first-order valence-corrected chi connectivity index (χ1v) is 11.4. The van der Waals surface area contributed by atoms with Crippen molar-refractivity contribution in [2.75, 3.05) is 0 Å². The maximum Gasteiger partial charge on any atom is 0.251 e. The number of nitrogens with one attached hydrogen (secondary N) is 2. The number of H-pyrrole nitrogens is 1. The number of benzene rings is 1. The molecule has 8 nitrogen and oxygen atoms in total. The second-order valence-electron chi connectivity index (χ2n) is 8.76. The number of aromatic nitrogens is 6. The maximum absolute atomic E-state index is 13.2. The Morgan fingerprint density at radius 1 is 1.09 bits per heavy atom. The Morgan fingerprint density at radius 2 is 1.79 bits per heavy atom. The monoisotopic (exact) mass is 445 g/mol.